The molecular formula is C38H50FN3O10S. The molecule has 6 rings (SSSR count). The zero-order valence-electron chi connectivity index (χ0n) is 30.9. The van der Waals surface area contributed by atoms with Gasteiger partial charge in [-0.05, 0) is 83.8 Å². The molecule has 0 aromatic heterocycles. The topological polar surface area (TPSA) is 166 Å². The number of rotatable bonds is 7. The summed E-state index contributed by atoms with van der Waals surface area (Å²) in [4.78, 5) is 71.6. The number of ketones is 1. The van der Waals surface area contributed by atoms with Gasteiger partial charge in [0.1, 0.15) is 17.5 Å². The smallest absolute Gasteiger partial charge is 0.410 e. The van der Waals surface area contributed by atoms with Crippen LogP contribution in [-0.2, 0) is 56.2 Å². The number of Topliss-reactive ketones (excluding diaryl/α,β-unsaturated/α-hetero) is 1. The number of amides is 3. The first-order valence-corrected chi connectivity index (χ1v) is 20.0. The third kappa shape index (κ3) is 9.28. The van der Waals surface area contributed by atoms with Crippen molar-refractivity contribution < 1.29 is 50.4 Å². The SMILES string of the molecule is CC(C)(C)OC(=O)C[C@H]1CCCCC/C=C\[C@@H]2C[C@@]2(C(=O)NS(=O)(=O)OC2(C)CC2)CC(=O)[C@@H]2C[C@@H](OC(=O)N3Cc4cccc(F)c4C3)CN2C1=O. The molecule has 2 saturated carbocycles. The molecule has 5 aliphatic rings. The van der Waals surface area contributed by atoms with Crippen molar-refractivity contribution in [1.82, 2.24) is 14.5 Å². The van der Waals surface area contributed by atoms with E-state index in [1.54, 1.807) is 39.8 Å². The fraction of sp³-hybridized carbons (Fsp3) is 0.658. The van der Waals surface area contributed by atoms with Gasteiger partial charge in [-0.25, -0.2) is 18.1 Å². The van der Waals surface area contributed by atoms with Gasteiger partial charge >= 0.3 is 22.4 Å². The lowest BCUT2D eigenvalue weighted by Crippen LogP contribution is -2.46. The quantitative estimate of drug-likeness (QED) is 0.295. The van der Waals surface area contributed by atoms with Crippen LogP contribution in [-0.4, -0.2) is 77.8 Å². The van der Waals surface area contributed by atoms with Gasteiger partial charge in [0, 0.05) is 30.9 Å². The Morgan fingerprint density at radius 2 is 1.83 bits per heavy atom. The number of hydrogen-bond donors (Lipinski definition) is 1. The van der Waals surface area contributed by atoms with Crippen LogP contribution < -0.4 is 4.72 Å². The van der Waals surface area contributed by atoms with E-state index in [4.69, 9.17) is 13.7 Å². The van der Waals surface area contributed by atoms with Crippen molar-refractivity contribution in [3.8, 4) is 0 Å². The van der Waals surface area contributed by atoms with Crippen LogP contribution in [0.5, 0.6) is 0 Å². The van der Waals surface area contributed by atoms with Crippen molar-refractivity contribution in [3.63, 3.8) is 0 Å². The maximum Gasteiger partial charge on any atom is 0.410 e. The Balaban J connectivity index is 1.25. The standard InChI is InChI=1S/C38H50FN3O10S/c1-36(2,3)51-32(44)17-24-11-8-6-5-7-9-13-26-19-38(26,34(46)40-53(48,49)52-37(4)15-16-37)20-31(43)30-18-27(22-42(30)33(24)45)50-35(47)41-21-25-12-10-14-29(39)28(25)23-41/h9-10,12-14,24,26-27,30H,5-8,11,15-23H2,1-4H3,(H,40,46)/b13-9-/t24-,26-,27-,30+,38-/m1/s1. The molecule has 53 heavy (non-hydrogen) atoms. The molecule has 0 unspecified atom stereocenters. The number of carbonyl (C=O) groups is 5. The fourth-order valence-electron chi connectivity index (χ4n) is 7.70. The lowest BCUT2D eigenvalue weighted by molar-refractivity contribution is -0.159. The summed E-state index contributed by atoms with van der Waals surface area (Å²) in [5.74, 6) is -4.01. The highest BCUT2D eigenvalue weighted by atomic mass is 32.2. The van der Waals surface area contributed by atoms with Gasteiger partial charge in [0.2, 0.25) is 11.8 Å². The van der Waals surface area contributed by atoms with Gasteiger partial charge in [-0.2, -0.15) is 8.42 Å². The van der Waals surface area contributed by atoms with Crippen LogP contribution in [0.4, 0.5) is 9.18 Å². The molecule has 1 aromatic carbocycles. The Bertz CT molecular complexity index is 1790. The predicted molar refractivity (Wildman–Crippen MR) is 188 cm³/mol. The molecule has 3 aliphatic heterocycles. The highest BCUT2D eigenvalue weighted by molar-refractivity contribution is 7.85. The molecule has 5 atom stereocenters. The first kappa shape index (κ1) is 38.9. The Morgan fingerprint density at radius 1 is 1.08 bits per heavy atom. The summed E-state index contributed by atoms with van der Waals surface area (Å²) in [5.41, 5.74) is -1.98. The van der Waals surface area contributed by atoms with E-state index >= 15 is 0 Å². The Morgan fingerprint density at radius 3 is 2.53 bits per heavy atom. The number of hydrogen-bond acceptors (Lipinski definition) is 10. The zero-order valence-corrected chi connectivity index (χ0v) is 31.7. The van der Waals surface area contributed by atoms with E-state index in [2.05, 4.69) is 4.72 Å². The molecule has 3 heterocycles. The van der Waals surface area contributed by atoms with E-state index in [1.807, 2.05) is 12.2 Å². The zero-order chi connectivity index (χ0) is 38.3. The van der Waals surface area contributed by atoms with Crippen molar-refractivity contribution >= 4 is 40.0 Å². The van der Waals surface area contributed by atoms with Crippen molar-refractivity contribution in [2.75, 3.05) is 6.54 Å². The minimum absolute atomic E-state index is 0.00877. The summed E-state index contributed by atoms with van der Waals surface area (Å²) < 4.78 is 58.8. The van der Waals surface area contributed by atoms with Crippen LogP contribution in [0.2, 0.25) is 0 Å². The molecule has 3 amide bonds. The third-order valence-electron chi connectivity index (χ3n) is 10.9. The third-order valence-corrected chi connectivity index (χ3v) is 12.0. The maximum absolute atomic E-state index is 14.4. The molecule has 1 saturated heterocycles. The number of benzene rings is 1. The van der Waals surface area contributed by atoms with Crippen molar-refractivity contribution in [2.24, 2.45) is 17.3 Å². The average Bonchev–Trinajstić information content (AvgIpc) is 3.80. The van der Waals surface area contributed by atoms with Gasteiger partial charge in [-0.3, -0.25) is 24.1 Å². The van der Waals surface area contributed by atoms with Crippen LogP contribution in [0.25, 0.3) is 0 Å². The molecule has 3 fully saturated rings. The molecule has 290 valence electrons. The number of esters is 1. The van der Waals surface area contributed by atoms with E-state index in [0.717, 1.165) is 12.8 Å². The van der Waals surface area contributed by atoms with E-state index < -0.39 is 86.4 Å². The van der Waals surface area contributed by atoms with E-state index in [0.29, 0.717) is 43.2 Å². The molecule has 1 aromatic rings. The maximum atomic E-state index is 14.4. The van der Waals surface area contributed by atoms with Crippen molar-refractivity contribution in [1.29, 1.82) is 0 Å². The second-order valence-corrected chi connectivity index (χ2v) is 17.8. The molecule has 15 heteroatoms. The molecule has 0 bridgehead atoms. The summed E-state index contributed by atoms with van der Waals surface area (Å²) in [7, 11) is -4.46. The summed E-state index contributed by atoms with van der Waals surface area (Å²) >= 11 is 0. The van der Waals surface area contributed by atoms with Crippen LogP contribution in [0.3, 0.4) is 0 Å². The van der Waals surface area contributed by atoms with Gasteiger partial charge in [-0.1, -0.05) is 37.1 Å². The number of ether oxygens (including phenoxy) is 2. The van der Waals surface area contributed by atoms with Crippen LogP contribution in [0, 0.1) is 23.1 Å². The minimum atomic E-state index is -4.46. The van der Waals surface area contributed by atoms with Crippen molar-refractivity contribution in [2.45, 2.75) is 135 Å². The van der Waals surface area contributed by atoms with Gasteiger partial charge in [-0.15, -0.1) is 0 Å². The Hall–Kier alpha value is -3.85. The number of nitrogens with zero attached hydrogens (tertiary/aromatic N) is 2. The first-order valence-electron chi connectivity index (χ1n) is 18.6. The van der Waals surface area contributed by atoms with Gasteiger partial charge < -0.3 is 14.4 Å². The van der Waals surface area contributed by atoms with Crippen LogP contribution in [0.15, 0.2) is 30.4 Å². The molecule has 2 aliphatic carbocycles. The molecule has 0 radical (unpaired) electrons. The molecule has 1 N–H and O–H groups in total. The molecular weight excluding hydrogens is 709 g/mol. The van der Waals surface area contributed by atoms with Gasteiger partial charge in [0.25, 0.3) is 0 Å². The van der Waals surface area contributed by atoms with Crippen LogP contribution >= 0.6 is 0 Å². The first-order chi connectivity index (χ1) is 24.9. The second-order valence-electron chi connectivity index (χ2n) is 16.6. The Labute approximate surface area is 310 Å². The fourth-order valence-corrected chi connectivity index (χ4v) is 8.87. The molecule has 0 spiro atoms. The minimum Gasteiger partial charge on any atom is -0.460 e. The van der Waals surface area contributed by atoms with E-state index in [1.165, 1.54) is 15.9 Å². The van der Waals surface area contributed by atoms with Crippen molar-refractivity contribution in [3.05, 3.63) is 47.3 Å². The Kier molecular flexibility index (Phi) is 10.8. The summed E-state index contributed by atoms with van der Waals surface area (Å²) in [6.07, 6.45) is 6.02. The largest absolute Gasteiger partial charge is 0.460 e. The number of carbonyl (C=O) groups excluding carboxylic acids is 5. The number of nitrogens with one attached hydrogen (secondary N) is 1. The summed E-state index contributed by atoms with van der Waals surface area (Å²) in [6, 6.07) is 3.51. The second kappa shape index (κ2) is 14.8. The van der Waals surface area contributed by atoms with Gasteiger partial charge in [0.15, 0.2) is 5.78 Å². The molecule has 13 nitrogen and oxygen atoms in total. The van der Waals surface area contributed by atoms with E-state index in [9.17, 15) is 36.8 Å². The predicted octanol–water partition coefficient (Wildman–Crippen LogP) is 5.01. The highest BCUT2D eigenvalue weighted by Crippen LogP contribution is 2.57. The normalized spacial score (nSPS) is 29.2. The number of halogens is 1. The lowest BCUT2D eigenvalue weighted by atomic mass is 9.90. The number of fused-ring (bicyclic) bond motifs is 3. The summed E-state index contributed by atoms with van der Waals surface area (Å²) in [5, 5.41) is 0. The monoisotopic (exact) mass is 759 g/mol. The van der Waals surface area contributed by atoms with Crippen LogP contribution in [0.1, 0.15) is 109 Å². The van der Waals surface area contributed by atoms with Gasteiger partial charge in [0.05, 0.1) is 36.6 Å². The average molecular weight is 760 g/mol. The highest BCUT2D eigenvalue weighted by Gasteiger charge is 2.61. The van der Waals surface area contributed by atoms with E-state index in [-0.39, 0.29) is 45.3 Å². The lowest BCUT2D eigenvalue weighted by Gasteiger charge is -2.29. The number of allylic oxidation sites excluding steroid dienone is 2. The summed E-state index contributed by atoms with van der Waals surface area (Å²) in [6.45, 7) is 6.85.